The molecular weight excluding hydrogens is 455 g/mol. The van der Waals surface area contributed by atoms with Gasteiger partial charge in [-0.1, -0.05) is 19.8 Å². The molecule has 0 aromatic heterocycles. The van der Waals surface area contributed by atoms with Crippen LogP contribution in [-0.2, 0) is 14.8 Å². The second-order valence-corrected chi connectivity index (χ2v) is 9.81. The van der Waals surface area contributed by atoms with Crippen LogP contribution >= 0.6 is 11.8 Å². The molecule has 1 aliphatic heterocycles. The predicted octanol–water partition coefficient (Wildman–Crippen LogP) is 4.51. The molecule has 1 heterocycles. The van der Waals surface area contributed by atoms with E-state index < -0.39 is 16.0 Å². The van der Waals surface area contributed by atoms with Crippen molar-refractivity contribution in [2.45, 2.75) is 42.0 Å². The Hall–Kier alpha value is -2.56. The van der Waals surface area contributed by atoms with Crippen LogP contribution in [0.3, 0.4) is 0 Å². The first-order valence-electron chi connectivity index (χ1n) is 10.1. The van der Waals surface area contributed by atoms with E-state index in [1.165, 1.54) is 30.0 Å². The molecule has 0 radical (unpaired) electrons. The summed E-state index contributed by atoms with van der Waals surface area (Å²) in [4.78, 5) is 13.3. The fourth-order valence-electron chi connectivity index (χ4n) is 3.48. The third-order valence-electron chi connectivity index (χ3n) is 5.00. The minimum Gasteiger partial charge on any atom is -0.478 e. The molecule has 3 rings (SSSR count). The molecule has 2 N–H and O–H groups in total. The number of unbranched alkanes of at least 4 members (excludes halogenated alkanes) is 1. The number of halogens is 1. The van der Waals surface area contributed by atoms with Gasteiger partial charge in [0.1, 0.15) is 16.5 Å². The standard InChI is InChI=1S/C22H25FN2O5S2/c1-3-4-5-16-14-25(17-8-6-15(23)7-9-17)18-12-20(31-2)19(30-11-10-22(26)27)13-21(18)32(28,29)24-16/h6-13,16,24H,3-5,14H2,1-2H3,(H,26,27)/b11-10+/t16-/m0/s1. The minimum absolute atomic E-state index is 0.0114. The fourth-order valence-corrected chi connectivity index (χ4v) is 5.48. The number of aliphatic carboxylic acids is 1. The molecule has 0 unspecified atom stereocenters. The summed E-state index contributed by atoms with van der Waals surface area (Å²) in [5, 5.41) is 8.80. The average molecular weight is 481 g/mol. The van der Waals surface area contributed by atoms with Crippen LogP contribution < -0.4 is 14.4 Å². The Kier molecular flexibility index (Phi) is 7.81. The van der Waals surface area contributed by atoms with Crippen LogP contribution in [0.25, 0.3) is 0 Å². The maximum Gasteiger partial charge on any atom is 0.331 e. The van der Waals surface area contributed by atoms with Crippen molar-refractivity contribution in [3.8, 4) is 5.75 Å². The van der Waals surface area contributed by atoms with Crippen LogP contribution in [0.15, 0.2) is 58.5 Å². The van der Waals surface area contributed by atoms with Crippen LogP contribution in [0, 0.1) is 5.82 Å². The minimum atomic E-state index is -3.89. The largest absolute Gasteiger partial charge is 0.478 e. The highest BCUT2D eigenvalue weighted by Gasteiger charge is 2.33. The maximum atomic E-state index is 13.5. The van der Waals surface area contributed by atoms with Crippen molar-refractivity contribution < 1.29 is 27.4 Å². The number of rotatable bonds is 8. The van der Waals surface area contributed by atoms with E-state index in [0.717, 1.165) is 25.2 Å². The van der Waals surface area contributed by atoms with Gasteiger partial charge in [-0.15, -0.1) is 11.8 Å². The molecule has 0 spiro atoms. The van der Waals surface area contributed by atoms with Gasteiger partial charge in [-0.25, -0.2) is 22.3 Å². The van der Waals surface area contributed by atoms with Crippen molar-refractivity contribution in [1.82, 2.24) is 4.72 Å². The number of ether oxygens (including phenoxy) is 1. The summed E-state index contributed by atoms with van der Waals surface area (Å²) >= 11 is 1.34. The number of carboxylic acids is 1. The lowest BCUT2D eigenvalue weighted by Gasteiger charge is -2.27. The monoisotopic (exact) mass is 480 g/mol. The zero-order valence-electron chi connectivity index (χ0n) is 17.7. The van der Waals surface area contributed by atoms with Crippen molar-refractivity contribution in [3.63, 3.8) is 0 Å². The quantitative estimate of drug-likeness (QED) is 0.326. The Bertz CT molecular complexity index is 1100. The highest BCUT2D eigenvalue weighted by atomic mass is 32.2. The molecule has 2 aromatic carbocycles. The number of benzene rings is 2. The second-order valence-electron chi connectivity index (χ2n) is 7.28. The Morgan fingerprint density at radius 2 is 2.06 bits per heavy atom. The smallest absolute Gasteiger partial charge is 0.331 e. The number of nitrogens with one attached hydrogen (secondary N) is 1. The van der Waals surface area contributed by atoms with E-state index in [4.69, 9.17) is 9.84 Å². The zero-order valence-corrected chi connectivity index (χ0v) is 19.4. The van der Waals surface area contributed by atoms with E-state index in [2.05, 4.69) is 4.72 Å². The third-order valence-corrected chi connectivity index (χ3v) is 7.31. The number of hydrogen-bond donors (Lipinski definition) is 2. The number of thioether (sulfide) groups is 1. The zero-order chi connectivity index (χ0) is 23.3. The molecule has 0 bridgehead atoms. The summed E-state index contributed by atoms with van der Waals surface area (Å²) in [6.07, 6.45) is 6.07. The topological polar surface area (TPSA) is 95.9 Å². The van der Waals surface area contributed by atoms with Gasteiger partial charge in [0.2, 0.25) is 10.0 Å². The number of nitrogens with zero attached hydrogens (tertiary/aromatic N) is 1. The van der Waals surface area contributed by atoms with Crippen molar-refractivity contribution in [2.75, 3.05) is 17.7 Å². The van der Waals surface area contributed by atoms with Crippen molar-refractivity contribution in [3.05, 3.63) is 54.6 Å². The van der Waals surface area contributed by atoms with Gasteiger partial charge in [0.25, 0.3) is 0 Å². The van der Waals surface area contributed by atoms with Gasteiger partial charge in [0, 0.05) is 24.3 Å². The lowest BCUT2D eigenvalue weighted by Crippen LogP contribution is -2.39. The van der Waals surface area contributed by atoms with Crippen molar-refractivity contribution >= 4 is 39.1 Å². The third kappa shape index (κ3) is 5.62. The van der Waals surface area contributed by atoms with Crippen LogP contribution in [-0.4, -0.2) is 38.3 Å². The number of fused-ring (bicyclic) bond motifs is 1. The highest BCUT2D eigenvalue weighted by molar-refractivity contribution is 7.98. The van der Waals surface area contributed by atoms with E-state index in [9.17, 15) is 17.6 Å². The molecule has 2 aromatic rings. The van der Waals surface area contributed by atoms with Gasteiger partial charge in [-0.2, -0.15) is 0 Å². The molecule has 0 amide bonds. The Morgan fingerprint density at radius 1 is 1.34 bits per heavy atom. The number of anilines is 2. The molecular formula is C22H25FN2O5S2. The van der Waals surface area contributed by atoms with E-state index in [1.807, 2.05) is 18.1 Å². The summed E-state index contributed by atoms with van der Waals surface area (Å²) in [5.41, 5.74) is 1.11. The molecule has 32 heavy (non-hydrogen) atoms. The summed E-state index contributed by atoms with van der Waals surface area (Å²) in [5.74, 6) is -1.33. The lowest BCUT2D eigenvalue weighted by atomic mass is 10.1. The molecule has 7 nitrogen and oxygen atoms in total. The van der Waals surface area contributed by atoms with Crippen molar-refractivity contribution in [1.29, 1.82) is 0 Å². The lowest BCUT2D eigenvalue weighted by molar-refractivity contribution is -0.131. The normalized spacial score (nSPS) is 17.7. The average Bonchev–Trinajstić information content (AvgIpc) is 2.85. The summed E-state index contributed by atoms with van der Waals surface area (Å²) in [7, 11) is -3.89. The first-order chi connectivity index (χ1) is 15.2. The van der Waals surface area contributed by atoms with Crippen molar-refractivity contribution in [2.24, 2.45) is 0 Å². The molecule has 0 saturated heterocycles. The predicted molar refractivity (Wildman–Crippen MR) is 123 cm³/mol. The van der Waals surface area contributed by atoms with E-state index in [0.29, 0.717) is 29.2 Å². The molecule has 0 saturated carbocycles. The summed E-state index contributed by atoms with van der Waals surface area (Å²) in [6.45, 7) is 2.42. The van der Waals surface area contributed by atoms with E-state index in [1.54, 1.807) is 18.2 Å². The van der Waals surface area contributed by atoms with Gasteiger partial charge in [0.05, 0.1) is 22.9 Å². The number of hydrogen-bond acceptors (Lipinski definition) is 6. The highest BCUT2D eigenvalue weighted by Crippen LogP contribution is 2.41. The van der Waals surface area contributed by atoms with Gasteiger partial charge in [0.15, 0.2) is 0 Å². The Labute approximate surface area is 191 Å². The van der Waals surface area contributed by atoms with Crippen LogP contribution in [0.1, 0.15) is 26.2 Å². The van der Waals surface area contributed by atoms with E-state index in [-0.39, 0.29) is 22.5 Å². The van der Waals surface area contributed by atoms with Gasteiger partial charge >= 0.3 is 5.97 Å². The molecule has 0 fully saturated rings. The maximum absolute atomic E-state index is 13.5. The first kappa shape index (κ1) is 24.1. The number of carboxylic acid groups (broad SMARTS) is 1. The van der Waals surface area contributed by atoms with Crippen LogP contribution in [0.5, 0.6) is 5.75 Å². The molecule has 1 aliphatic rings. The fraction of sp³-hybridized carbons (Fsp3) is 0.318. The summed E-state index contributed by atoms with van der Waals surface area (Å²) in [6, 6.07) is 8.67. The Morgan fingerprint density at radius 3 is 2.69 bits per heavy atom. The molecule has 0 aliphatic carbocycles. The second kappa shape index (κ2) is 10.4. The number of carbonyl (C=O) groups is 1. The van der Waals surface area contributed by atoms with Gasteiger partial charge in [-0.05, 0) is 43.0 Å². The molecule has 10 heteroatoms. The summed E-state index contributed by atoms with van der Waals surface area (Å²) < 4.78 is 48.3. The van der Waals surface area contributed by atoms with E-state index >= 15 is 0 Å². The van der Waals surface area contributed by atoms with Crippen LogP contribution in [0.4, 0.5) is 15.8 Å². The first-order valence-corrected chi connectivity index (χ1v) is 12.8. The molecule has 1 atom stereocenters. The molecule has 172 valence electrons. The SMILES string of the molecule is CCCC[C@H]1CN(c2ccc(F)cc2)c2cc(SC)c(O/C=C/C(=O)O)cc2S(=O)(=O)N1. The van der Waals surface area contributed by atoms with Gasteiger partial charge in [-0.3, -0.25) is 0 Å². The van der Waals surface area contributed by atoms with Gasteiger partial charge < -0.3 is 14.7 Å². The Balaban J connectivity index is 2.15. The van der Waals surface area contributed by atoms with Crippen LogP contribution in [0.2, 0.25) is 0 Å². The number of sulfonamides is 1.